The lowest BCUT2D eigenvalue weighted by atomic mass is 10.0. The van der Waals surface area contributed by atoms with E-state index in [9.17, 15) is 9.59 Å². The Bertz CT molecular complexity index is 887. The van der Waals surface area contributed by atoms with Gasteiger partial charge in [-0.15, -0.1) is 11.8 Å². The van der Waals surface area contributed by atoms with Gasteiger partial charge in [-0.3, -0.25) is 4.79 Å². The molecule has 1 aromatic heterocycles. The predicted molar refractivity (Wildman–Crippen MR) is 114 cm³/mol. The first kappa shape index (κ1) is 20.5. The van der Waals surface area contributed by atoms with E-state index in [-0.39, 0.29) is 16.8 Å². The van der Waals surface area contributed by atoms with Crippen LogP contribution in [0.15, 0.2) is 41.0 Å². The SMILES string of the molecule is COc1cc(NC(=O)N2CCC3(CC2)SCC(=O)N3Cc2ccco2)cc(OC)c1. The van der Waals surface area contributed by atoms with Crippen molar-refractivity contribution in [3.05, 3.63) is 42.4 Å². The molecule has 0 atom stereocenters. The number of piperidine rings is 1. The number of hydrogen-bond donors (Lipinski definition) is 1. The quantitative estimate of drug-likeness (QED) is 0.781. The van der Waals surface area contributed by atoms with Crippen molar-refractivity contribution >= 4 is 29.4 Å². The second-order valence-corrected chi connectivity index (χ2v) is 8.65. The van der Waals surface area contributed by atoms with Crippen LogP contribution in [0.2, 0.25) is 0 Å². The molecule has 160 valence electrons. The first-order valence-corrected chi connectivity index (χ1v) is 10.8. The first-order valence-electron chi connectivity index (χ1n) is 9.79. The van der Waals surface area contributed by atoms with Crippen molar-refractivity contribution < 1.29 is 23.5 Å². The number of hydrogen-bond acceptors (Lipinski definition) is 6. The summed E-state index contributed by atoms with van der Waals surface area (Å²) >= 11 is 1.67. The summed E-state index contributed by atoms with van der Waals surface area (Å²) in [5, 5.41) is 2.92. The number of thioether (sulfide) groups is 1. The molecule has 2 aromatic rings. The van der Waals surface area contributed by atoms with Crippen molar-refractivity contribution in [3.8, 4) is 11.5 Å². The smallest absolute Gasteiger partial charge is 0.321 e. The Morgan fingerprint density at radius 2 is 1.90 bits per heavy atom. The summed E-state index contributed by atoms with van der Waals surface area (Å²) in [4.78, 5) is 28.7. The van der Waals surface area contributed by atoms with E-state index in [4.69, 9.17) is 13.9 Å². The fourth-order valence-corrected chi connectivity index (χ4v) is 5.27. The van der Waals surface area contributed by atoms with Crippen LogP contribution in [0.25, 0.3) is 0 Å². The third-order valence-electron chi connectivity index (χ3n) is 5.59. The summed E-state index contributed by atoms with van der Waals surface area (Å²) in [5.74, 6) is 2.58. The maximum absolute atomic E-state index is 12.8. The normalized spacial score (nSPS) is 18.0. The average Bonchev–Trinajstić information content (AvgIpc) is 3.38. The summed E-state index contributed by atoms with van der Waals surface area (Å²) in [5.41, 5.74) is 0.612. The van der Waals surface area contributed by atoms with Gasteiger partial charge in [-0.05, 0) is 25.0 Å². The summed E-state index contributed by atoms with van der Waals surface area (Å²) < 4.78 is 16.0. The molecule has 0 unspecified atom stereocenters. The van der Waals surface area contributed by atoms with Crippen molar-refractivity contribution in [2.75, 3.05) is 38.4 Å². The fraction of sp³-hybridized carbons (Fsp3) is 0.429. The lowest BCUT2D eigenvalue weighted by molar-refractivity contribution is -0.132. The van der Waals surface area contributed by atoms with E-state index >= 15 is 0 Å². The van der Waals surface area contributed by atoms with Crippen molar-refractivity contribution in [3.63, 3.8) is 0 Å². The predicted octanol–water partition coefficient (Wildman–Crippen LogP) is 3.40. The van der Waals surface area contributed by atoms with Gasteiger partial charge in [0.1, 0.15) is 17.3 Å². The van der Waals surface area contributed by atoms with Crippen LogP contribution >= 0.6 is 11.8 Å². The largest absolute Gasteiger partial charge is 0.497 e. The van der Waals surface area contributed by atoms with Gasteiger partial charge in [0.2, 0.25) is 5.91 Å². The zero-order chi connectivity index (χ0) is 21.1. The molecule has 4 rings (SSSR count). The number of carbonyl (C=O) groups is 2. The van der Waals surface area contributed by atoms with Gasteiger partial charge in [0.25, 0.3) is 0 Å². The van der Waals surface area contributed by atoms with E-state index in [1.165, 1.54) is 0 Å². The Morgan fingerprint density at radius 3 is 2.50 bits per heavy atom. The molecular formula is C21H25N3O5S. The molecular weight excluding hydrogens is 406 g/mol. The monoisotopic (exact) mass is 431 g/mol. The molecule has 1 spiro atoms. The van der Waals surface area contributed by atoms with Crippen molar-refractivity contribution in [1.82, 2.24) is 9.80 Å². The van der Waals surface area contributed by atoms with Crippen molar-refractivity contribution in [2.24, 2.45) is 0 Å². The molecule has 2 fully saturated rings. The molecule has 1 N–H and O–H groups in total. The molecule has 0 aliphatic carbocycles. The van der Waals surface area contributed by atoms with Crippen LogP contribution in [0, 0.1) is 0 Å². The number of anilines is 1. The van der Waals surface area contributed by atoms with Crippen LogP contribution in [0.3, 0.4) is 0 Å². The molecule has 0 bridgehead atoms. The highest BCUT2D eigenvalue weighted by Gasteiger charge is 2.48. The number of furan rings is 1. The van der Waals surface area contributed by atoms with E-state index in [2.05, 4.69) is 5.32 Å². The topological polar surface area (TPSA) is 84.3 Å². The van der Waals surface area contributed by atoms with Crippen LogP contribution in [-0.2, 0) is 11.3 Å². The van der Waals surface area contributed by atoms with Crippen LogP contribution < -0.4 is 14.8 Å². The summed E-state index contributed by atoms with van der Waals surface area (Å²) in [6.45, 7) is 1.61. The lowest BCUT2D eigenvalue weighted by Crippen LogP contribution is -2.53. The maximum atomic E-state index is 12.8. The minimum absolute atomic E-state index is 0.123. The molecule has 1 aromatic carbocycles. The summed E-state index contributed by atoms with van der Waals surface area (Å²) in [7, 11) is 3.14. The second kappa shape index (κ2) is 8.51. The molecule has 8 nitrogen and oxygen atoms in total. The standard InChI is InChI=1S/C21H25N3O5S/c1-27-17-10-15(11-18(12-17)28-2)22-20(26)23-7-5-21(6-8-23)24(19(25)14-30-21)13-16-4-3-9-29-16/h3-4,9-12H,5-8,13-14H2,1-2H3,(H,22,26). The Labute approximate surface area is 179 Å². The number of likely N-dealkylation sites (tertiary alicyclic amines) is 1. The molecule has 9 heteroatoms. The van der Waals surface area contributed by atoms with Crippen molar-refractivity contribution in [1.29, 1.82) is 0 Å². The van der Waals surface area contributed by atoms with Crippen LogP contribution in [0.4, 0.5) is 10.5 Å². The molecule has 30 heavy (non-hydrogen) atoms. The van der Waals surface area contributed by atoms with E-state index in [1.54, 1.807) is 55.3 Å². The van der Waals surface area contributed by atoms with Gasteiger partial charge in [-0.2, -0.15) is 0 Å². The van der Waals surface area contributed by atoms with Gasteiger partial charge in [0.05, 0.1) is 37.7 Å². The highest BCUT2D eigenvalue weighted by molar-refractivity contribution is 8.01. The van der Waals surface area contributed by atoms with E-state index < -0.39 is 0 Å². The number of ether oxygens (including phenoxy) is 2. The maximum Gasteiger partial charge on any atom is 0.321 e. The van der Waals surface area contributed by atoms with E-state index in [0.29, 0.717) is 42.6 Å². The van der Waals surface area contributed by atoms with Gasteiger partial charge in [-0.25, -0.2) is 4.79 Å². The number of rotatable bonds is 5. The van der Waals surface area contributed by atoms with Gasteiger partial charge in [0.15, 0.2) is 0 Å². The van der Waals surface area contributed by atoms with Gasteiger partial charge in [-0.1, -0.05) is 0 Å². The fourth-order valence-electron chi connectivity index (χ4n) is 3.93. The van der Waals surface area contributed by atoms with E-state index in [0.717, 1.165) is 18.6 Å². The summed E-state index contributed by atoms with van der Waals surface area (Å²) in [6, 6.07) is 8.80. The number of carbonyl (C=O) groups excluding carboxylic acids is 2. The molecule has 3 amide bonds. The second-order valence-electron chi connectivity index (χ2n) is 7.31. The zero-order valence-electron chi connectivity index (χ0n) is 17.1. The van der Waals surface area contributed by atoms with Gasteiger partial charge in [0, 0.05) is 37.0 Å². The van der Waals surface area contributed by atoms with E-state index in [1.807, 2.05) is 17.0 Å². The van der Waals surface area contributed by atoms with Crippen LogP contribution in [0.1, 0.15) is 18.6 Å². The Morgan fingerprint density at radius 1 is 1.20 bits per heavy atom. The lowest BCUT2D eigenvalue weighted by Gasteiger charge is -2.43. The molecule has 2 aliphatic rings. The average molecular weight is 432 g/mol. The van der Waals surface area contributed by atoms with Crippen LogP contribution in [0.5, 0.6) is 11.5 Å². The summed E-state index contributed by atoms with van der Waals surface area (Å²) in [6.07, 6.45) is 3.06. The number of nitrogens with zero attached hydrogens (tertiary/aromatic N) is 2. The molecule has 2 aliphatic heterocycles. The number of methoxy groups -OCH3 is 2. The Hall–Kier alpha value is -2.81. The highest BCUT2D eigenvalue weighted by atomic mass is 32.2. The Kier molecular flexibility index (Phi) is 5.80. The molecule has 3 heterocycles. The first-order chi connectivity index (χ1) is 14.5. The van der Waals surface area contributed by atoms with Crippen LogP contribution in [-0.4, -0.2) is 59.7 Å². The number of nitrogens with one attached hydrogen (secondary N) is 1. The number of benzene rings is 1. The van der Waals surface area contributed by atoms with Crippen molar-refractivity contribution in [2.45, 2.75) is 24.3 Å². The number of urea groups is 1. The molecule has 0 radical (unpaired) electrons. The molecule has 0 saturated carbocycles. The Balaban J connectivity index is 1.40. The van der Waals surface area contributed by atoms with Gasteiger partial charge < -0.3 is 29.0 Å². The molecule has 2 saturated heterocycles. The zero-order valence-corrected chi connectivity index (χ0v) is 17.9. The van der Waals surface area contributed by atoms with Gasteiger partial charge >= 0.3 is 6.03 Å². The third kappa shape index (κ3) is 4.07. The minimum atomic E-state index is -0.278. The highest BCUT2D eigenvalue weighted by Crippen LogP contribution is 2.45. The minimum Gasteiger partial charge on any atom is -0.497 e. The number of amides is 3. The third-order valence-corrected chi connectivity index (χ3v) is 7.14.